The zero-order chi connectivity index (χ0) is 18.4. The average molecular weight is 379 g/mol. The van der Waals surface area contributed by atoms with E-state index in [1.807, 2.05) is 0 Å². The molecule has 1 aromatic rings. The molecule has 3 rings (SSSR count). The molecule has 2 saturated carbocycles. The average Bonchev–Trinajstić information content (AvgIpc) is 2.68. The van der Waals surface area contributed by atoms with Gasteiger partial charge in [0.2, 0.25) is 0 Å². The predicted molar refractivity (Wildman–Crippen MR) is 107 cm³/mol. The molecule has 0 amide bonds. The fourth-order valence-corrected chi connectivity index (χ4v) is 5.03. The van der Waals surface area contributed by atoms with Crippen molar-refractivity contribution >= 4 is 11.6 Å². The molecule has 1 nitrogen and oxygen atoms in total. The van der Waals surface area contributed by atoms with Gasteiger partial charge in [-0.25, -0.2) is 4.39 Å². The highest BCUT2D eigenvalue weighted by atomic mass is 35.5. The van der Waals surface area contributed by atoms with E-state index in [4.69, 9.17) is 16.3 Å². The Labute approximate surface area is 163 Å². The van der Waals surface area contributed by atoms with Crippen molar-refractivity contribution in [2.24, 2.45) is 23.7 Å². The minimum absolute atomic E-state index is 0.150. The molecule has 2 aliphatic carbocycles. The maximum Gasteiger partial charge on any atom is 0.145 e. The number of rotatable bonds is 7. The van der Waals surface area contributed by atoms with E-state index in [1.54, 1.807) is 12.1 Å². The standard InChI is InChI=1S/C23H32ClFO/c1-2-3-4-17-5-9-19(10-6-17)20-11-7-18(8-12-20)16-26-21-13-14-22(24)23(25)15-21/h2,13-15,17-20H,1,3-12,16H2/t17-,18-,19-,20-. The summed E-state index contributed by atoms with van der Waals surface area (Å²) in [6, 6.07) is 4.70. The van der Waals surface area contributed by atoms with Crippen LogP contribution in [0.15, 0.2) is 30.9 Å². The van der Waals surface area contributed by atoms with Gasteiger partial charge in [0, 0.05) is 6.07 Å². The van der Waals surface area contributed by atoms with E-state index in [9.17, 15) is 4.39 Å². The van der Waals surface area contributed by atoms with Crippen molar-refractivity contribution in [2.45, 2.75) is 64.2 Å². The number of hydrogen-bond acceptors (Lipinski definition) is 1. The van der Waals surface area contributed by atoms with Crippen molar-refractivity contribution in [2.75, 3.05) is 6.61 Å². The second-order valence-corrected chi connectivity index (χ2v) is 8.72. The van der Waals surface area contributed by atoms with Gasteiger partial charge in [-0.2, -0.15) is 0 Å². The van der Waals surface area contributed by atoms with Gasteiger partial charge < -0.3 is 4.74 Å². The molecular weight excluding hydrogens is 347 g/mol. The van der Waals surface area contributed by atoms with Crippen LogP contribution in [0.5, 0.6) is 5.75 Å². The van der Waals surface area contributed by atoms with E-state index in [0.29, 0.717) is 18.3 Å². The third-order valence-corrected chi connectivity index (χ3v) is 6.91. The van der Waals surface area contributed by atoms with Crippen molar-refractivity contribution in [1.82, 2.24) is 0 Å². The number of allylic oxidation sites excluding steroid dienone is 1. The highest BCUT2D eigenvalue weighted by Crippen LogP contribution is 2.42. The molecule has 0 spiro atoms. The Kier molecular flexibility index (Phi) is 7.42. The van der Waals surface area contributed by atoms with E-state index in [0.717, 1.165) is 17.8 Å². The predicted octanol–water partition coefficient (Wildman–Crippen LogP) is 7.44. The van der Waals surface area contributed by atoms with E-state index in [2.05, 4.69) is 12.7 Å². The highest BCUT2D eigenvalue weighted by molar-refractivity contribution is 6.30. The zero-order valence-electron chi connectivity index (χ0n) is 15.8. The summed E-state index contributed by atoms with van der Waals surface area (Å²) in [5.41, 5.74) is 0. The van der Waals surface area contributed by atoms with Gasteiger partial charge in [-0.15, -0.1) is 6.58 Å². The molecule has 3 heteroatoms. The van der Waals surface area contributed by atoms with Gasteiger partial charge in [-0.1, -0.05) is 30.5 Å². The molecule has 0 aromatic heterocycles. The molecule has 0 unspecified atom stereocenters. The first-order valence-electron chi connectivity index (χ1n) is 10.3. The summed E-state index contributed by atoms with van der Waals surface area (Å²) in [6.07, 6.45) is 15.4. The molecule has 0 saturated heterocycles. The summed E-state index contributed by atoms with van der Waals surface area (Å²) in [5, 5.41) is 0.150. The van der Waals surface area contributed by atoms with Gasteiger partial charge in [0.15, 0.2) is 0 Å². The second kappa shape index (κ2) is 9.78. The molecule has 0 aliphatic heterocycles. The Balaban J connectivity index is 1.36. The minimum atomic E-state index is -0.406. The highest BCUT2D eigenvalue weighted by Gasteiger charge is 2.30. The molecule has 2 fully saturated rings. The van der Waals surface area contributed by atoms with Gasteiger partial charge in [0.05, 0.1) is 11.6 Å². The molecule has 26 heavy (non-hydrogen) atoms. The molecule has 144 valence electrons. The van der Waals surface area contributed by atoms with Crippen LogP contribution in [0.2, 0.25) is 5.02 Å². The van der Waals surface area contributed by atoms with Crippen LogP contribution in [-0.2, 0) is 0 Å². The van der Waals surface area contributed by atoms with Crippen LogP contribution in [0.4, 0.5) is 4.39 Å². The van der Waals surface area contributed by atoms with Crippen molar-refractivity contribution in [3.05, 3.63) is 41.7 Å². The van der Waals surface area contributed by atoms with E-state index in [1.165, 1.54) is 70.3 Å². The number of benzene rings is 1. The molecule has 2 aliphatic rings. The van der Waals surface area contributed by atoms with Crippen molar-refractivity contribution in [1.29, 1.82) is 0 Å². The lowest BCUT2D eigenvalue weighted by molar-refractivity contribution is 0.122. The first-order chi connectivity index (χ1) is 12.7. The molecule has 0 bridgehead atoms. The summed E-state index contributed by atoms with van der Waals surface area (Å²) in [4.78, 5) is 0. The van der Waals surface area contributed by atoms with E-state index >= 15 is 0 Å². The molecule has 0 N–H and O–H groups in total. The van der Waals surface area contributed by atoms with Crippen molar-refractivity contribution < 1.29 is 9.13 Å². The van der Waals surface area contributed by atoms with Crippen LogP contribution in [0.25, 0.3) is 0 Å². The molecular formula is C23H32ClFO. The Morgan fingerprint density at radius 2 is 1.62 bits per heavy atom. The molecule has 0 radical (unpaired) electrons. The number of halogens is 2. The van der Waals surface area contributed by atoms with E-state index < -0.39 is 5.82 Å². The number of ether oxygens (including phenoxy) is 1. The van der Waals surface area contributed by atoms with Crippen LogP contribution in [0.3, 0.4) is 0 Å². The Hall–Kier alpha value is -1.02. The second-order valence-electron chi connectivity index (χ2n) is 8.31. The van der Waals surface area contributed by atoms with Crippen molar-refractivity contribution in [3.8, 4) is 5.75 Å². The SMILES string of the molecule is C=CCC[C@H]1CC[C@H]([C@H]2CC[C@H](COc3ccc(Cl)c(F)c3)CC2)CC1. The summed E-state index contributed by atoms with van der Waals surface area (Å²) in [6.45, 7) is 4.54. The fraction of sp³-hybridized carbons (Fsp3) is 0.652. The van der Waals surface area contributed by atoms with Crippen LogP contribution in [0, 0.1) is 29.5 Å². The molecule has 0 heterocycles. The van der Waals surface area contributed by atoms with Crippen LogP contribution < -0.4 is 4.74 Å². The minimum Gasteiger partial charge on any atom is -0.493 e. The maximum atomic E-state index is 13.5. The van der Waals surface area contributed by atoms with Gasteiger partial charge in [0.25, 0.3) is 0 Å². The molecule has 0 atom stereocenters. The normalized spacial score (nSPS) is 29.3. The summed E-state index contributed by atoms with van der Waals surface area (Å²) < 4.78 is 19.3. The van der Waals surface area contributed by atoms with Gasteiger partial charge >= 0.3 is 0 Å². The monoisotopic (exact) mass is 378 g/mol. The zero-order valence-corrected chi connectivity index (χ0v) is 16.5. The fourth-order valence-electron chi connectivity index (χ4n) is 4.91. The summed E-state index contributed by atoms with van der Waals surface area (Å²) in [5.74, 6) is 3.59. The van der Waals surface area contributed by atoms with Gasteiger partial charge in [-0.05, 0) is 87.2 Å². The summed E-state index contributed by atoms with van der Waals surface area (Å²) in [7, 11) is 0. The van der Waals surface area contributed by atoms with Gasteiger partial charge in [0.1, 0.15) is 11.6 Å². The lowest BCUT2D eigenvalue weighted by atomic mass is 9.69. The van der Waals surface area contributed by atoms with Crippen LogP contribution in [-0.4, -0.2) is 6.61 Å². The van der Waals surface area contributed by atoms with Crippen molar-refractivity contribution in [3.63, 3.8) is 0 Å². The summed E-state index contributed by atoms with van der Waals surface area (Å²) >= 11 is 5.72. The topological polar surface area (TPSA) is 9.23 Å². The van der Waals surface area contributed by atoms with Gasteiger partial charge in [-0.3, -0.25) is 0 Å². The molecule has 1 aromatic carbocycles. The quantitative estimate of drug-likeness (QED) is 0.448. The van der Waals surface area contributed by atoms with E-state index in [-0.39, 0.29) is 5.02 Å². The Morgan fingerprint density at radius 3 is 2.19 bits per heavy atom. The largest absolute Gasteiger partial charge is 0.493 e. The van der Waals surface area contributed by atoms with Crippen LogP contribution >= 0.6 is 11.6 Å². The third-order valence-electron chi connectivity index (χ3n) is 6.61. The lowest BCUT2D eigenvalue weighted by Crippen LogP contribution is -2.27. The third kappa shape index (κ3) is 5.49. The van der Waals surface area contributed by atoms with Crippen LogP contribution in [0.1, 0.15) is 64.2 Å². The first kappa shape index (κ1) is 19.7. The Bertz CT molecular complexity index is 572. The lowest BCUT2D eigenvalue weighted by Gasteiger charge is -2.37. The first-order valence-corrected chi connectivity index (χ1v) is 10.7. The Morgan fingerprint density at radius 1 is 1.00 bits per heavy atom. The maximum absolute atomic E-state index is 13.5. The number of hydrogen-bond donors (Lipinski definition) is 0. The smallest absolute Gasteiger partial charge is 0.145 e.